The van der Waals surface area contributed by atoms with Crippen LogP contribution in [0.1, 0.15) is 32.9 Å². The van der Waals surface area contributed by atoms with Crippen molar-refractivity contribution in [2.75, 3.05) is 0 Å². The summed E-state index contributed by atoms with van der Waals surface area (Å²) < 4.78 is 3.19. The van der Waals surface area contributed by atoms with Gasteiger partial charge in [-0.2, -0.15) is 5.10 Å². The number of carbonyl (C=O) groups excluding carboxylic acids is 1. The molecule has 4 aromatic rings. The summed E-state index contributed by atoms with van der Waals surface area (Å²) in [6, 6.07) is 28.1. The minimum absolute atomic E-state index is 0.227. The molecule has 0 spiro atoms. The fourth-order valence-corrected chi connectivity index (χ4v) is 4.85. The van der Waals surface area contributed by atoms with Gasteiger partial charge >= 0.3 is 0 Å². The van der Waals surface area contributed by atoms with Crippen molar-refractivity contribution in [2.45, 2.75) is 24.5 Å². The Bertz CT molecular complexity index is 1280. The first-order chi connectivity index (χ1) is 16.0. The van der Waals surface area contributed by atoms with E-state index in [4.69, 9.17) is 0 Å². The molecule has 0 aliphatic heterocycles. The Labute approximate surface area is 206 Å². The van der Waals surface area contributed by atoms with Crippen molar-refractivity contribution in [1.82, 2.24) is 9.99 Å². The molecule has 0 unspecified atom stereocenters. The maximum absolute atomic E-state index is 12.5. The number of rotatable bonds is 7. The maximum Gasteiger partial charge on any atom is 0.271 e. The van der Waals surface area contributed by atoms with Crippen molar-refractivity contribution in [2.24, 2.45) is 5.10 Å². The normalized spacial score (nSPS) is 11.1. The number of nitrogens with one attached hydrogen (secondary N) is 1. The maximum atomic E-state index is 12.5. The lowest BCUT2D eigenvalue weighted by Crippen LogP contribution is -2.17. The van der Waals surface area contributed by atoms with Crippen molar-refractivity contribution in [3.63, 3.8) is 0 Å². The topological polar surface area (TPSA) is 46.4 Å². The molecule has 4 rings (SSSR count). The van der Waals surface area contributed by atoms with E-state index in [-0.39, 0.29) is 5.91 Å². The molecular formula is C27H24BrN3OS. The van der Waals surface area contributed by atoms with E-state index in [1.807, 2.05) is 61.5 Å². The number of benzene rings is 3. The largest absolute Gasteiger partial charge is 0.318 e. The summed E-state index contributed by atoms with van der Waals surface area (Å²) in [7, 11) is 0. The summed E-state index contributed by atoms with van der Waals surface area (Å²) in [6.07, 6.45) is 1.69. The van der Waals surface area contributed by atoms with E-state index in [2.05, 4.69) is 68.3 Å². The second-order valence-corrected chi connectivity index (χ2v) is 9.60. The molecule has 1 heterocycles. The quantitative estimate of drug-likeness (QED) is 0.164. The highest BCUT2D eigenvalue weighted by molar-refractivity contribution is 9.10. The Morgan fingerprint density at radius 3 is 2.48 bits per heavy atom. The standard InChI is InChI=1S/C27H24BrN3OS/c1-19-15-23(20(2)31(19)25-8-6-7-24(28)16-25)17-29-30-27(32)22-13-11-21(12-14-22)18-33-26-9-4-3-5-10-26/h3-17H,18H2,1-2H3,(H,30,32)/b29-17-. The van der Waals surface area contributed by atoms with Gasteiger partial charge in [-0.25, -0.2) is 5.43 Å². The number of amides is 1. The van der Waals surface area contributed by atoms with E-state index in [9.17, 15) is 4.79 Å². The van der Waals surface area contributed by atoms with Gasteiger partial charge < -0.3 is 4.57 Å². The minimum Gasteiger partial charge on any atom is -0.318 e. The van der Waals surface area contributed by atoms with Crippen LogP contribution in [0.4, 0.5) is 0 Å². The number of hydrogen-bond donors (Lipinski definition) is 1. The number of aromatic nitrogens is 1. The van der Waals surface area contributed by atoms with Gasteiger partial charge in [0.2, 0.25) is 0 Å². The molecule has 0 radical (unpaired) electrons. The van der Waals surface area contributed by atoms with E-state index in [1.54, 1.807) is 18.0 Å². The molecule has 166 valence electrons. The van der Waals surface area contributed by atoms with E-state index in [0.29, 0.717) is 5.56 Å². The summed E-state index contributed by atoms with van der Waals surface area (Å²) >= 11 is 5.30. The number of hydrazone groups is 1. The third kappa shape index (κ3) is 5.83. The summed E-state index contributed by atoms with van der Waals surface area (Å²) in [5.74, 6) is 0.631. The lowest BCUT2D eigenvalue weighted by molar-refractivity contribution is 0.0955. The Balaban J connectivity index is 1.38. The second-order valence-electron chi connectivity index (χ2n) is 7.64. The predicted octanol–water partition coefficient (Wildman–Crippen LogP) is 6.91. The van der Waals surface area contributed by atoms with Gasteiger partial charge in [-0.05, 0) is 67.9 Å². The van der Waals surface area contributed by atoms with Crippen LogP contribution in [0.2, 0.25) is 0 Å². The molecule has 0 atom stereocenters. The monoisotopic (exact) mass is 517 g/mol. The molecule has 0 aliphatic carbocycles. The Kier molecular flexibility index (Phi) is 7.47. The van der Waals surface area contributed by atoms with Crippen LogP contribution in [0.25, 0.3) is 5.69 Å². The number of halogens is 1. The Morgan fingerprint density at radius 1 is 1.00 bits per heavy atom. The van der Waals surface area contributed by atoms with Gasteiger partial charge in [0, 0.05) is 43.3 Å². The van der Waals surface area contributed by atoms with Crippen LogP contribution in [-0.4, -0.2) is 16.7 Å². The first-order valence-corrected chi connectivity index (χ1v) is 12.3. The van der Waals surface area contributed by atoms with Crippen molar-refractivity contribution in [1.29, 1.82) is 0 Å². The Morgan fingerprint density at radius 2 is 1.76 bits per heavy atom. The highest BCUT2D eigenvalue weighted by Gasteiger charge is 2.10. The van der Waals surface area contributed by atoms with Crippen LogP contribution in [-0.2, 0) is 5.75 Å². The van der Waals surface area contributed by atoms with Gasteiger partial charge in [0.25, 0.3) is 5.91 Å². The molecule has 33 heavy (non-hydrogen) atoms. The molecule has 0 saturated carbocycles. The van der Waals surface area contributed by atoms with Gasteiger partial charge in [0.1, 0.15) is 0 Å². The number of aryl methyl sites for hydroxylation is 1. The summed E-state index contributed by atoms with van der Waals surface area (Å²) in [4.78, 5) is 13.7. The van der Waals surface area contributed by atoms with Crippen LogP contribution in [0.3, 0.4) is 0 Å². The van der Waals surface area contributed by atoms with Gasteiger partial charge in [0.15, 0.2) is 0 Å². The fourth-order valence-electron chi connectivity index (χ4n) is 3.59. The van der Waals surface area contributed by atoms with Gasteiger partial charge in [-0.3, -0.25) is 4.79 Å². The van der Waals surface area contributed by atoms with Crippen molar-refractivity contribution in [3.8, 4) is 5.69 Å². The van der Waals surface area contributed by atoms with E-state index < -0.39 is 0 Å². The molecule has 1 amide bonds. The third-order valence-electron chi connectivity index (χ3n) is 5.27. The summed E-state index contributed by atoms with van der Waals surface area (Å²) in [5, 5.41) is 4.19. The van der Waals surface area contributed by atoms with Gasteiger partial charge in [-0.15, -0.1) is 11.8 Å². The zero-order chi connectivity index (χ0) is 23.2. The number of carbonyl (C=O) groups is 1. The molecule has 6 heteroatoms. The smallest absolute Gasteiger partial charge is 0.271 e. The number of hydrogen-bond acceptors (Lipinski definition) is 3. The molecular weight excluding hydrogens is 494 g/mol. The number of thioether (sulfide) groups is 1. The SMILES string of the molecule is Cc1cc(/C=N\NC(=O)c2ccc(CSc3ccccc3)cc2)c(C)n1-c1cccc(Br)c1. The first kappa shape index (κ1) is 23.1. The van der Waals surface area contributed by atoms with E-state index in [1.165, 1.54) is 10.5 Å². The van der Waals surface area contributed by atoms with Crippen molar-refractivity contribution < 1.29 is 4.79 Å². The average molecular weight is 518 g/mol. The summed E-state index contributed by atoms with van der Waals surface area (Å²) in [6.45, 7) is 4.10. The predicted molar refractivity (Wildman–Crippen MR) is 140 cm³/mol. The molecule has 0 aliphatic rings. The first-order valence-electron chi connectivity index (χ1n) is 10.6. The minimum atomic E-state index is -0.227. The zero-order valence-electron chi connectivity index (χ0n) is 18.5. The van der Waals surface area contributed by atoms with Crippen LogP contribution < -0.4 is 5.43 Å². The van der Waals surface area contributed by atoms with Crippen LogP contribution in [0, 0.1) is 13.8 Å². The lowest BCUT2D eigenvalue weighted by atomic mass is 10.1. The van der Waals surface area contributed by atoms with Crippen molar-refractivity contribution in [3.05, 3.63) is 117 Å². The second kappa shape index (κ2) is 10.7. The van der Waals surface area contributed by atoms with Crippen molar-refractivity contribution >= 4 is 39.8 Å². The van der Waals surface area contributed by atoms with Gasteiger partial charge in [0.05, 0.1) is 6.21 Å². The molecule has 4 nitrogen and oxygen atoms in total. The van der Waals surface area contributed by atoms with E-state index >= 15 is 0 Å². The highest BCUT2D eigenvalue weighted by Crippen LogP contribution is 2.23. The highest BCUT2D eigenvalue weighted by atomic mass is 79.9. The molecule has 1 aromatic heterocycles. The van der Waals surface area contributed by atoms with E-state index in [0.717, 1.165) is 32.9 Å². The fraction of sp³-hybridized carbons (Fsp3) is 0.111. The Hall–Kier alpha value is -3.09. The third-order valence-corrected chi connectivity index (χ3v) is 6.85. The average Bonchev–Trinajstić information content (AvgIpc) is 3.11. The van der Waals surface area contributed by atoms with Gasteiger partial charge in [-0.1, -0.05) is 52.3 Å². The molecule has 0 bridgehead atoms. The molecule has 0 fully saturated rings. The molecule has 1 N–H and O–H groups in total. The zero-order valence-corrected chi connectivity index (χ0v) is 20.9. The number of nitrogens with zero attached hydrogens (tertiary/aromatic N) is 2. The lowest BCUT2D eigenvalue weighted by Gasteiger charge is -2.09. The van der Waals surface area contributed by atoms with Crippen LogP contribution in [0.15, 0.2) is 99.4 Å². The van der Waals surface area contributed by atoms with Crippen LogP contribution >= 0.6 is 27.7 Å². The molecule has 0 saturated heterocycles. The van der Waals surface area contributed by atoms with Crippen LogP contribution in [0.5, 0.6) is 0 Å². The summed E-state index contributed by atoms with van der Waals surface area (Å²) in [5.41, 5.74) is 8.59. The molecule has 3 aromatic carbocycles.